The zero-order valence-electron chi connectivity index (χ0n) is 16.6. The van der Waals surface area contributed by atoms with E-state index in [0.717, 1.165) is 6.42 Å². The molecule has 0 aliphatic carbocycles. The first-order chi connectivity index (χ1) is 13.5. The van der Waals surface area contributed by atoms with Crippen molar-refractivity contribution in [2.45, 2.75) is 27.2 Å². The van der Waals surface area contributed by atoms with Gasteiger partial charge in [-0.1, -0.05) is 6.92 Å². The molecule has 2 aromatic rings. The molecule has 0 aliphatic rings. The van der Waals surface area contributed by atoms with Crippen molar-refractivity contribution in [1.82, 2.24) is 0 Å². The van der Waals surface area contributed by atoms with Crippen LogP contribution in [0.2, 0.25) is 0 Å². The normalized spacial score (nSPS) is 10.3. The number of carbonyl (C=O) groups is 1. The van der Waals surface area contributed by atoms with E-state index in [1.54, 1.807) is 31.4 Å². The maximum absolute atomic E-state index is 12.9. The van der Waals surface area contributed by atoms with E-state index in [2.05, 4.69) is 21.2 Å². The fourth-order valence-electron chi connectivity index (χ4n) is 2.53. The predicted molar refractivity (Wildman–Crippen MR) is 113 cm³/mol. The molecule has 0 unspecified atom stereocenters. The number of nitrogens with one attached hydrogen (secondary N) is 1. The fraction of sp³-hybridized carbons (Fsp3) is 0.381. The Morgan fingerprint density at radius 1 is 1.00 bits per heavy atom. The Bertz CT molecular complexity index is 810. The highest BCUT2D eigenvalue weighted by molar-refractivity contribution is 9.10. The van der Waals surface area contributed by atoms with Gasteiger partial charge < -0.3 is 24.3 Å². The summed E-state index contributed by atoms with van der Waals surface area (Å²) in [6.07, 6.45) is 0.869. The Morgan fingerprint density at radius 2 is 1.75 bits per heavy atom. The molecular formula is C21H26BrNO5. The summed E-state index contributed by atoms with van der Waals surface area (Å²) >= 11 is 3.46. The lowest BCUT2D eigenvalue weighted by Gasteiger charge is -2.16. The standard InChI is InChI=1S/C21H26BrNO5/c1-5-10-28-20-16(22)11-14(12-19(20)25-4)21(24)23-17-13-15(26-6-2)8-9-18(17)27-7-3/h8-9,11-13H,5-7,10H2,1-4H3,(H,23,24). The molecule has 1 amide bonds. The number of halogens is 1. The largest absolute Gasteiger partial charge is 0.494 e. The molecule has 0 saturated heterocycles. The highest BCUT2D eigenvalue weighted by Gasteiger charge is 2.17. The van der Waals surface area contributed by atoms with Crippen LogP contribution in [0, 0.1) is 0 Å². The first kappa shape index (κ1) is 21.9. The lowest BCUT2D eigenvalue weighted by atomic mass is 10.1. The van der Waals surface area contributed by atoms with Gasteiger partial charge in [0.15, 0.2) is 11.5 Å². The third-order valence-corrected chi connectivity index (χ3v) is 4.34. The lowest BCUT2D eigenvalue weighted by molar-refractivity contribution is 0.102. The van der Waals surface area contributed by atoms with Gasteiger partial charge in [-0.2, -0.15) is 0 Å². The third-order valence-electron chi connectivity index (χ3n) is 3.75. The van der Waals surface area contributed by atoms with E-state index in [0.29, 0.717) is 58.5 Å². The van der Waals surface area contributed by atoms with Crippen LogP contribution in [0.25, 0.3) is 0 Å². The van der Waals surface area contributed by atoms with Gasteiger partial charge >= 0.3 is 0 Å². The summed E-state index contributed by atoms with van der Waals surface area (Å²) in [5.74, 6) is 2.00. The number of hydrogen-bond donors (Lipinski definition) is 1. The molecule has 0 aliphatic heterocycles. The number of benzene rings is 2. The van der Waals surface area contributed by atoms with Gasteiger partial charge in [0.2, 0.25) is 0 Å². The number of hydrogen-bond acceptors (Lipinski definition) is 5. The first-order valence-corrected chi connectivity index (χ1v) is 10.0. The van der Waals surface area contributed by atoms with Crippen LogP contribution in [0.15, 0.2) is 34.8 Å². The summed E-state index contributed by atoms with van der Waals surface area (Å²) in [6.45, 7) is 7.39. The van der Waals surface area contributed by atoms with Gasteiger partial charge in [-0.05, 0) is 60.5 Å². The van der Waals surface area contributed by atoms with Crippen molar-refractivity contribution in [3.63, 3.8) is 0 Å². The summed E-state index contributed by atoms with van der Waals surface area (Å²) in [7, 11) is 1.54. The summed E-state index contributed by atoms with van der Waals surface area (Å²) in [5.41, 5.74) is 0.969. The molecule has 1 N–H and O–H groups in total. The van der Waals surface area contributed by atoms with Crippen LogP contribution in [0.3, 0.4) is 0 Å². The third kappa shape index (κ3) is 5.55. The van der Waals surface area contributed by atoms with E-state index in [4.69, 9.17) is 18.9 Å². The van der Waals surface area contributed by atoms with E-state index in [1.165, 1.54) is 0 Å². The number of amides is 1. The molecule has 7 heteroatoms. The molecule has 0 aromatic heterocycles. The van der Waals surface area contributed by atoms with Crippen LogP contribution in [0.4, 0.5) is 5.69 Å². The van der Waals surface area contributed by atoms with Gasteiger partial charge in [0.1, 0.15) is 11.5 Å². The molecule has 0 atom stereocenters. The van der Waals surface area contributed by atoms with Crippen molar-refractivity contribution in [1.29, 1.82) is 0 Å². The molecule has 6 nitrogen and oxygen atoms in total. The lowest BCUT2D eigenvalue weighted by Crippen LogP contribution is -2.14. The van der Waals surface area contributed by atoms with Crippen LogP contribution in [-0.4, -0.2) is 32.8 Å². The second kappa shape index (κ2) is 10.8. The average Bonchev–Trinajstić information content (AvgIpc) is 2.68. The minimum absolute atomic E-state index is 0.296. The van der Waals surface area contributed by atoms with E-state index in [-0.39, 0.29) is 5.91 Å². The second-order valence-corrected chi connectivity index (χ2v) is 6.67. The minimum Gasteiger partial charge on any atom is -0.494 e. The summed E-state index contributed by atoms with van der Waals surface area (Å²) in [4.78, 5) is 12.9. The SMILES string of the molecule is CCCOc1c(Br)cc(C(=O)Nc2cc(OCC)ccc2OCC)cc1OC. The molecule has 2 aromatic carbocycles. The Morgan fingerprint density at radius 3 is 2.39 bits per heavy atom. The topological polar surface area (TPSA) is 66.0 Å². The van der Waals surface area contributed by atoms with Crippen LogP contribution in [0.5, 0.6) is 23.0 Å². The van der Waals surface area contributed by atoms with E-state index >= 15 is 0 Å². The van der Waals surface area contributed by atoms with Crippen molar-refractivity contribution in [3.8, 4) is 23.0 Å². The Labute approximate surface area is 174 Å². The van der Waals surface area contributed by atoms with E-state index < -0.39 is 0 Å². The molecule has 0 saturated carbocycles. The monoisotopic (exact) mass is 451 g/mol. The zero-order valence-corrected chi connectivity index (χ0v) is 18.2. The van der Waals surface area contributed by atoms with Gasteiger partial charge in [0, 0.05) is 11.6 Å². The molecule has 28 heavy (non-hydrogen) atoms. The molecule has 0 spiro atoms. The van der Waals surface area contributed by atoms with Gasteiger partial charge in [0.05, 0.1) is 37.1 Å². The Kier molecular flexibility index (Phi) is 8.44. The molecule has 0 bridgehead atoms. The molecule has 0 radical (unpaired) electrons. The zero-order chi connectivity index (χ0) is 20.5. The molecule has 152 valence electrons. The smallest absolute Gasteiger partial charge is 0.255 e. The van der Waals surface area contributed by atoms with Crippen molar-refractivity contribution in [2.75, 3.05) is 32.2 Å². The number of carbonyl (C=O) groups excluding carboxylic acids is 1. The van der Waals surface area contributed by atoms with Crippen LogP contribution < -0.4 is 24.3 Å². The van der Waals surface area contributed by atoms with Crippen LogP contribution in [0.1, 0.15) is 37.6 Å². The molecule has 2 rings (SSSR count). The maximum atomic E-state index is 12.9. The quantitative estimate of drug-likeness (QED) is 0.530. The number of ether oxygens (including phenoxy) is 4. The van der Waals surface area contributed by atoms with Crippen LogP contribution in [-0.2, 0) is 0 Å². The highest BCUT2D eigenvalue weighted by atomic mass is 79.9. The van der Waals surface area contributed by atoms with Crippen molar-refractivity contribution in [3.05, 3.63) is 40.4 Å². The maximum Gasteiger partial charge on any atom is 0.255 e. The van der Waals surface area contributed by atoms with Gasteiger partial charge in [-0.3, -0.25) is 4.79 Å². The summed E-state index contributed by atoms with van der Waals surface area (Å²) in [6, 6.07) is 8.69. The minimum atomic E-state index is -0.296. The number of anilines is 1. The van der Waals surface area contributed by atoms with Gasteiger partial charge in [-0.15, -0.1) is 0 Å². The Balaban J connectivity index is 2.31. The van der Waals surface area contributed by atoms with E-state index in [1.807, 2.05) is 26.8 Å². The number of methoxy groups -OCH3 is 1. The van der Waals surface area contributed by atoms with Crippen molar-refractivity contribution in [2.24, 2.45) is 0 Å². The fourth-order valence-corrected chi connectivity index (χ4v) is 3.09. The predicted octanol–water partition coefficient (Wildman–Crippen LogP) is 5.30. The van der Waals surface area contributed by atoms with Gasteiger partial charge in [-0.25, -0.2) is 0 Å². The van der Waals surface area contributed by atoms with E-state index in [9.17, 15) is 4.79 Å². The molecule has 0 heterocycles. The first-order valence-electron chi connectivity index (χ1n) is 9.25. The highest BCUT2D eigenvalue weighted by Crippen LogP contribution is 2.37. The average molecular weight is 452 g/mol. The second-order valence-electron chi connectivity index (χ2n) is 5.82. The molecule has 0 fully saturated rings. The number of rotatable bonds is 10. The Hall–Kier alpha value is -2.41. The van der Waals surface area contributed by atoms with Crippen molar-refractivity contribution < 1.29 is 23.7 Å². The van der Waals surface area contributed by atoms with Crippen LogP contribution >= 0.6 is 15.9 Å². The summed E-state index contributed by atoms with van der Waals surface area (Å²) < 4.78 is 22.9. The summed E-state index contributed by atoms with van der Waals surface area (Å²) in [5, 5.41) is 2.89. The molecular weight excluding hydrogens is 426 g/mol. The van der Waals surface area contributed by atoms with Gasteiger partial charge in [0.25, 0.3) is 5.91 Å². The van der Waals surface area contributed by atoms with Crippen molar-refractivity contribution >= 4 is 27.5 Å².